The predicted molar refractivity (Wildman–Crippen MR) is 90.8 cm³/mol. The molecule has 12 heteroatoms. The highest BCUT2D eigenvalue weighted by Crippen LogP contribution is 2.37. The first-order valence-electron chi connectivity index (χ1n) is 8.51. The first-order chi connectivity index (χ1) is 13.3. The summed E-state index contributed by atoms with van der Waals surface area (Å²) in [6.45, 7) is 2.80. The van der Waals surface area contributed by atoms with E-state index in [0.717, 1.165) is 0 Å². The second kappa shape index (κ2) is 6.65. The first-order valence-corrected chi connectivity index (χ1v) is 8.51. The molecule has 4 heterocycles. The molecule has 0 saturated carbocycles. The topological polar surface area (TPSA) is 149 Å². The van der Waals surface area contributed by atoms with E-state index < -0.39 is 29.8 Å². The highest BCUT2D eigenvalue weighted by molar-refractivity contribution is 5.82. The van der Waals surface area contributed by atoms with Crippen LogP contribution in [0.2, 0.25) is 0 Å². The zero-order valence-corrected chi connectivity index (χ0v) is 15.0. The van der Waals surface area contributed by atoms with Crippen LogP contribution in [0.1, 0.15) is 31.1 Å². The Morgan fingerprint density at radius 1 is 1.43 bits per heavy atom. The van der Waals surface area contributed by atoms with Crippen LogP contribution >= 0.6 is 0 Å². The van der Waals surface area contributed by atoms with Gasteiger partial charge < -0.3 is 29.1 Å². The Morgan fingerprint density at radius 3 is 2.86 bits per heavy atom. The minimum absolute atomic E-state index is 0.0250. The van der Waals surface area contributed by atoms with E-state index in [2.05, 4.69) is 20.3 Å². The van der Waals surface area contributed by atoms with Crippen LogP contribution in [0.4, 0.5) is 10.2 Å². The molecule has 4 rings (SSSR count). The molecule has 3 aromatic rings. The van der Waals surface area contributed by atoms with Crippen molar-refractivity contribution in [3.63, 3.8) is 0 Å². The molecular weight excluding hydrogens is 377 g/mol. The Morgan fingerprint density at radius 2 is 2.21 bits per heavy atom. The van der Waals surface area contributed by atoms with Crippen LogP contribution in [0.25, 0.3) is 11.2 Å². The van der Waals surface area contributed by atoms with Gasteiger partial charge in [0, 0.05) is 6.42 Å². The summed E-state index contributed by atoms with van der Waals surface area (Å²) in [6, 6.07) is 0. The number of hydrogen-bond donors (Lipinski definition) is 3. The van der Waals surface area contributed by atoms with Gasteiger partial charge in [-0.2, -0.15) is 14.4 Å². The third-order valence-electron chi connectivity index (χ3n) is 4.81. The summed E-state index contributed by atoms with van der Waals surface area (Å²) < 4.78 is 30.9. The molecule has 0 spiro atoms. The van der Waals surface area contributed by atoms with Gasteiger partial charge in [0.05, 0.1) is 25.6 Å². The van der Waals surface area contributed by atoms with E-state index in [4.69, 9.17) is 13.6 Å². The molecular formula is C16H18FN5O6. The third-order valence-corrected chi connectivity index (χ3v) is 4.81. The van der Waals surface area contributed by atoms with Crippen LogP contribution in [-0.4, -0.2) is 48.0 Å². The zero-order valence-electron chi connectivity index (χ0n) is 15.0. The van der Waals surface area contributed by atoms with Gasteiger partial charge in [-0.3, -0.25) is 4.57 Å². The van der Waals surface area contributed by atoms with Crippen molar-refractivity contribution in [3.05, 3.63) is 34.5 Å². The molecule has 0 aromatic carbocycles. The monoisotopic (exact) mass is 395 g/mol. The average molecular weight is 395 g/mol. The van der Waals surface area contributed by atoms with E-state index in [1.54, 1.807) is 13.8 Å². The fraction of sp³-hybridized carbons (Fsp3) is 0.500. The number of rotatable bonds is 5. The Labute approximate surface area is 156 Å². The summed E-state index contributed by atoms with van der Waals surface area (Å²) in [7, 11) is 0. The Hall–Kier alpha value is -2.83. The lowest BCUT2D eigenvalue weighted by atomic mass is 10.0. The fourth-order valence-electron chi connectivity index (χ4n) is 3.11. The number of nitrogens with zero attached hydrogens (tertiary/aromatic N) is 4. The number of imidazole rings is 1. The molecule has 0 unspecified atom stereocenters. The normalized spacial score (nSPS) is 24.9. The first kappa shape index (κ1) is 18.5. The van der Waals surface area contributed by atoms with Crippen molar-refractivity contribution >= 4 is 17.0 Å². The molecule has 0 aliphatic carbocycles. The second-order valence-electron chi connectivity index (χ2n) is 6.75. The lowest BCUT2D eigenvalue weighted by molar-refractivity contribution is -0.115. The summed E-state index contributed by atoms with van der Waals surface area (Å²) in [4.78, 5) is 22.8. The Balaban J connectivity index is 1.65. The molecule has 3 atom stereocenters. The number of fused-ring (bicyclic) bond motifs is 1. The number of anilines is 1. The molecule has 1 saturated heterocycles. The second-order valence-corrected chi connectivity index (χ2v) is 6.75. The Bertz CT molecular complexity index is 1080. The maximum Gasteiger partial charge on any atom is 0.519 e. The van der Waals surface area contributed by atoms with Crippen LogP contribution < -0.4 is 11.1 Å². The number of aliphatic hydroxyl groups excluding tert-OH is 2. The summed E-state index contributed by atoms with van der Waals surface area (Å²) in [5.74, 6) is -0.197. The molecule has 0 radical (unpaired) electrons. The molecule has 11 nitrogen and oxygen atoms in total. The van der Waals surface area contributed by atoms with E-state index in [1.165, 1.54) is 10.9 Å². The SMILES string of the molecule is Cc1oc(=O)oc1CNc1nc(F)nc2c1ncn2[C@H]1C[C@H](O)[C@@](C)(CO)O1. The zero-order chi connectivity index (χ0) is 20.1. The number of aliphatic hydroxyl groups is 2. The van der Waals surface area contributed by atoms with Gasteiger partial charge >= 0.3 is 11.9 Å². The van der Waals surface area contributed by atoms with Crippen molar-refractivity contribution in [2.45, 2.75) is 44.7 Å². The van der Waals surface area contributed by atoms with Gasteiger partial charge in [0.1, 0.15) is 17.6 Å². The number of ether oxygens (including phenoxy) is 1. The maximum atomic E-state index is 14.0. The quantitative estimate of drug-likeness (QED) is 0.520. The van der Waals surface area contributed by atoms with Crippen molar-refractivity contribution in [1.82, 2.24) is 19.5 Å². The molecule has 1 aliphatic heterocycles. The van der Waals surface area contributed by atoms with Crippen molar-refractivity contribution < 1.29 is 28.2 Å². The molecule has 3 N–H and O–H groups in total. The van der Waals surface area contributed by atoms with E-state index in [-0.39, 0.29) is 42.3 Å². The van der Waals surface area contributed by atoms with Crippen LogP contribution in [0.15, 0.2) is 20.0 Å². The minimum atomic E-state index is -1.13. The minimum Gasteiger partial charge on any atom is -0.396 e. The van der Waals surface area contributed by atoms with Gasteiger partial charge in [-0.15, -0.1) is 0 Å². The largest absolute Gasteiger partial charge is 0.519 e. The number of hydrogen-bond acceptors (Lipinski definition) is 10. The van der Waals surface area contributed by atoms with E-state index in [1.807, 2.05) is 0 Å². The number of aryl methyl sites for hydroxylation is 1. The average Bonchev–Trinajstić information content (AvgIpc) is 3.29. The number of nitrogens with one attached hydrogen (secondary N) is 1. The third kappa shape index (κ3) is 3.04. The van der Waals surface area contributed by atoms with Crippen LogP contribution in [-0.2, 0) is 11.3 Å². The summed E-state index contributed by atoms with van der Waals surface area (Å²) in [6.07, 6.45) is -1.01. The van der Waals surface area contributed by atoms with Crippen LogP contribution in [0.5, 0.6) is 0 Å². The van der Waals surface area contributed by atoms with E-state index in [0.29, 0.717) is 5.76 Å². The number of aromatic nitrogens is 4. The molecule has 0 bridgehead atoms. The highest BCUT2D eigenvalue weighted by atomic mass is 19.1. The molecule has 0 amide bonds. The predicted octanol–water partition coefficient (Wildman–Crippen LogP) is 0.463. The maximum absolute atomic E-state index is 14.0. The molecule has 150 valence electrons. The standard InChI is InChI=1S/C16H18FN5O6/c1-7-8(27-15(25)26-7)4-18-12-11-13(21-14(17)20-12)22(6-19-11)10-3-9(24)16(2,5-23)28-10/h6,9-10,23-24H,3-5H2,1-2H3,(H,18,20,21)/t9-,10+,16+/m0/s1. The lowest BCUT2D eigenvalue weighted by Gasteiger charge is -2.24. The van der Waals surface area contributed by atoms with E-state index in [9.17, 15) is 19.4 Å². The number of halogens is 1. The molecule has 3 aromatic heterocycles. The lowest BCUT2D eigenvalue weighted by Crippen LogP contribution is -2.39. The van der Waals surface area contributed by atoms with Crippen molar-refractivity contribution in [2.24, 2.45) is 0 Å². The van der Waals surface area contributed by atoms with Crippen molar-refractivity contribution in [2.75, 3.05) is 11.9 Å². The fourth-order valence-corrected chi connectivity index (χ4v) is 3.11. The molecule has 28 heavy (non-hydrogen) atoms. The molecule has 1 aliphatic rings. The van der Waals surface area contributed by atoms with Crippen molar-refractivity contribution in [3.8, 4) is 0 Å². The van der Waals surface area contributed by atoms with Gasteiger partial charge in [0.25, 0.3) is 0 Å². The Kier molecular flexibility index (Phi) is 4.40. The van der Waals surface area contributed by atoms with Gasteiger partial charge in [-0.1, -0.05) is 0 Å². The molecule has 1 fully saturated rings. The highest BCUT2D eigenvalue weighted by Gasteiger charge is 2.45. The summed E-state index contributed by atoms with van der Waals surface area (Å²) >= 11 is 0. The van der Waals surface area contributed by atoms with Gasteiger partial charge in [-0.05, 0) is 13.8 Å². The van der Waals surface area contributed by atoms with Crippen molar-refractivity contribution in [1.29, 1.82) is 0 Å². The van der Waals surface area contributed by atoms with Gasteiger partial charge in [0.15, 0.2) is 22.7 Å². The summed E-state index contributed by atoms with van der Waals surface area (Å²) in [5.41, 5.74) is -0.718. The van der Waals surface area contributed by atoms with E-state index >= 15 is 0 Å². The smallest absolute Gasteiger partial charge is 0.396 e. The summed E-state index contributed by atoms with van der Waals surface area (Å²) in [5, 5.41) is 22.5. The van der Waals surface area contributed by atoms with Gasteiger partial charge in [0.2, 0.25) is 0 Å². The van der Waals surface area contributed by atoms with Crippen LogP contribution in [0, 0.1) is 13.0 Å². The van der Waals surface area contributed by atoms with Crippen LogP contribution in [0.3, 0.4) is 0 Å². The van der Waals surface area contributed by atoms with Gasteiger partial charge in [-0.25, -0.2) is 9.78 Å².